The van der Waals surface area contributed by atoms with E-state index in [1.165, 1.54) is 30.7 Å². The summed E-state index contributed by atoms with van der Waals surface area (Å²) in [6, 6.07) is 13.4. The molecule has 34 heavy (non-hydrogen) atoms. The van der Waals surface area contributed by atoms with Crippen molar-refractivity contribution in [3.05, 3.63) is 95.2 Å². The second-order valence-electron chi connectivity index (χ2n) is 7.49. The lowest BCUT2D eigenvalue weighted by Crippen LogP contribution is -2.18. The molecule has 0 fully saturated rings. The molecule has 0 radical (unpaired) electrons. The van der Waals surface area contributed by atoms with Crippen molar-refractivity contribution < 1.29 is 27.2 Å². The first kappa shape index (κ1) is 22.8. The highest BCUT2D eigenvalue weighted by molar-refractivity contribution is 6.06. The maximum absolute atomic E-state index is 13.7. The fraction of sp³-hybridized carbons (Fsp3) is 0.125. The van der Waals surface area contributed by atoms with Crippen LogP contribution in [-0.4, -0.2) is 21.6 Å². The number of hydrogen-bond donors (Lipinski definition) is 2. The van der Waals surface area contributed by atoms with Crippen LogP contribution in [0.15, 0.2) is 71.5 Å². The smallest absolute Gasteiger partial charge is 0.418 e. The van der Waals surface area contributed by atoms with Crippen molar-refractivity contribution in [2.45, 2.75) is 20.0 Å². The van der Waals surface area contributed by atoms with E-state index in [0.29, 0.717) is 5.69 Å². The van der Waals surface area contributed by atoms with Crippen LogP contribution in [0.2, 0.25) is 0 Å². The van der Waals surface area contributed by atoms with Gasteiger partial charge in [-0.15, -0.1) is 0 Å². The predicted octanol–water partition coefficient (Wildman–Crippen LogP) is 5.61. The van der Waals surface area contributed by atoms with Gasteiger partial charge in [0.25, 0.3) is 11.8 Å². The molecule has 0 saturated heterocycles. The Morgan fingerprint density at radius 2 is 1.74 bits per heavy atom. The molecule has 0 aliphatic carbocycles. The van der Waals surface area contributed by atoms with E-state index < -0.39 is 29.2 Å². The van der Waals surface area contributed by atoms with Crippen molar-refractivity contribution in [3.8, 4) is 5.69 Å². The molecule has 174 valence electrons. The zero-order chi connectivity index (χ0) is 24.5. The summed E-state index contributed by atoms with van der Waals surface area (Å²) in [5, 5.41) is 8.89. The van der Waals surface area contributed by atoms with E-state index in [0.717, 1.165) is 23.4 Å². The average molecular weight is 468 g/mol. The van der Waals surface area contributed by atoms with E-state index >= 15 is 0 Å². The van der Waals surface area contributed by atoms with Gasteiger partial charge in [-0.05, 0) is 55.8 Å². The first-order chi connectivity index (χ1) is 16.1. The van der Waals surface area contributed by atoms with Crippen molar-refractivity contribution in [2.75, 3.05) is 10.6 Å². The maximum Gasteiger partial charge on any atom is 0.418 e. The molecule has 0 saturated carbocycles. The van der Waals surface area contributed by atoms with Gasteiger partial charge in [-0.2, -0.15) is 18.3 Å². The SMILES string of the molecule is Cc1ccccc1-n1ncc(C(=O)Nc2ccc(NC(=O)c3ccco3)cc2C(F)(F)F)c1C. The number of carbonyl (C=O) groups excluding carboxylic acids is 2. The first-order valence-electron chi connectivity index (χ1n) is 10.1. The van der Waals surface area contributed by atoms with Crippen LogP contribution >= 0.6 is 0 Å². The number of aryl methyl sites for hydroxylation is 1. The topological polar surface area (TPSA) is 89.2 Å². The Morgan fingerprint density at radius 1 is 0.971 bits per heavy atom. The van der Waals surface area contributed by atoms with Gasteiger partial charge in [0, 0.05) is 5.69 Å². The number of rotatable bonds is 5. The number of carbonyl (C=O) groups is 2. The third-order valence-corrected chi connectivity index (χ3v) is 5.17. The molecule has 2 aromatic heterocycles. The molecule has 0 unspecified atom stereocenters. The van der Waals surface area contributed by atoms with Gasteiger partial charge in [-0.1, -0.05) is 18.2 Å². The van der Waals surface area contributed by atoms with Crippen LogP contribution in [0.3, 0.4) is 0 Å². The average Bonchev–Trinajstić information content (AvgIpc) is 3.45. The minimum absolute atomic E-state index is 0.0490. The number of hydrogen-bond acceptors (Lipinski definition) is 4. The van der Waals surface area contributed by atoms with Crippen LogP contribution in [0, 0.1) is 13.8 Å². The van der Waals surface area contributed by atoms with E-state index in [-0.39, 0.29) is 17.0 Å². The molecule has 2 aromatic carbocycles. The van der Waals surface area contributed by atoms with E-state index in [9.17, 15) is 22.8 Å². The Kier molecular flexibility index (Phi) is 5.97. The number of nitrogens with one attached hydrogen (secondary N) is 2. The predicted molar refractivity (Wildman–Crippen MR) is 119 cm³/mol. The molecule has 2 N–H and O–H groups in total. The molecular weight excluding hydrogens is 449 g/mol. The van der Waals surface area contributed by atoms with Crippen LogP contribution in [0.1, 0.15) is 37.7 Å². The quantitative estimate of drug-likeness (QED) is 0.399. The molecule has 0 aliphatic heterocycles. The van der Waals surface area contributed by atoms with E-state index in [4.69, 9.17) is 4.42 Å². The zero-order valence-electron chi connectivity index (χ0n) is 18.1. The van der Waals surface area contributed by atoms with Crippen molar-refractivity contribution >= 4 is 23.2 Å². The molecular formula is C24H19F3N4O3. The standard InChI is InChI=1S/C24H19F3N4O3/c1-14-6-3-4-7-20(14)31-15(2)17(13-28-31)22(32)30-19-10-9-16(12-18(19)24(25,26)27)29-23(33)21-8-5-11-34-21/h3-13H,1-2H3,(H,29,33)(H,30,32). The summed E-state index contributed by atoms with van der Waals surface area (Å²) in [6.07, 6.45) is -2.20. The zero-order valence-corrected chi connectivity index (χ0v) is 18.1. The van der Waals surface area contributed by atoms with Gasteiger partial charge in [-0.3, -0.25) is 9.59 Å². The summed E-state index contributed by atoms with van der Waals surface area (Å²) in [4.78, 5) is 24.9. The molecule has 0 spiro atoms. The Labute approximate surface area is 192 Å². The Bertz CT molecular complexity index is 1360. The highest BCUT2D eigenvalue weighted by Gasteiger charge is 2.35. The maximum atomic E-state index is 13.7. The van der Waals surface area contributed by atoms with Crippen LogP contribution in [-0.2, 0) is 6.18 Å². The lowest BCUT2D eigenvalue weighted by Gasteiger charge is -2.16. The lowest BCUT2D eigenvalue weighted by molar-refractivity contribution is -0.136. The van der Waals surface area contributed by atoms with Crippen LogP contribution in [0.5, 0.6) is 0 Å². The van der Waals surface area contributed by atoms with Crippen molar-refractivity contribution in [1.82, 2.24) is 9.78 Å². The molecule has 0 bridgehead atoms. The molecule has 2 amide bonds. The van der Waals surface area contributed by atoms with Crippen molar-refractivity contribution in [3.63, 3.8) is 0 Å². The number of para-hydroxylation sites is 1. The summed E-state index contributed by atoms with van der Waals surface area (Å²) in [7, 11) is 0. The largest absolute Gasteiger partial charge is 0.459 e. The Hall–Kier alpha value is -4.34. The lowest BCUT2D eigenvalue weighted by atomic mass is 10.1. The first-order valence-corrected chi connectivity index (χ1v) is 10.1. The molecule has 10 heteroatoms. The number of halogens is 3. The summed E-state index contributed by atoms with van der Waals surface area (Å²) in [6.45, 7) is 3.55. The summed E-state index contributed by atoms with van der Waals surface area (Å²) in [5.74, 6) is -1.49. The van der Waals surface area contributed by atoms with E-state index in [1.54, 1.807) is 11.6 Å². The monoisotopic (exact) mass is 468 g/mol. The highest BCUT2D eigenvalue weighted by Crippen LogP contribution is 2.37. The number of aromatic nitrogens is 2. The number of nitrogens with zero attached hydrogens (tertiary/aromatic N) is 2. The normalized spacial score (nSPS) is 11.3. The molecule has 4 aromatic rings. The van der Waals surface area contributed by atoms with Gasteiger partial charge in [0.2, 0.25) is 0 Å². The van der Waals surface area contributed by atoms with Crippen molar-refractivity contribution in [1.29, 1.82) is 0 Å². The second-order valence-corrected chi connectivity index (χ2v) is 7.49. The van der Waals surface area contributed by atoms with Gasteiger partial charge in [0.15, 0.2) is 5.76 Å². The van der Waals surface area contributed by atoms with Gasteiger partial charge < -0.3 is 15.1 Å². The molecule has 4 rings (SSSR count). The molecule has 7 nitrogen and oxygen atoms in total. The number of anilines is 2. The van der Waals surface area contributed by atoms with Gasteiger partial charge in [-0.25, -0.2) is 4.68 Å². The van der Waals surface area contributed by atoms with Gasteiger partial charge >= 0.3 is 6.18 Å². The highest BCUT2D eigenvalue weighted by atomic mass is 19.4. The number of benzene rings is 2. The van der Waals surface area contributed by atoms with Gasteiger partial charge in [0.05, 0.1) is 40.7 Å². The fourth-order valence-corrected chi connectivity index (χ4v) is 3.43. The summed E-state index contributed by atoms with van der Waals surface area (Å²) in [5.41, 5.74) is 0.627. The summed E-state index contributed by atoms with van der Waals surface area (Å²) >= 11 is 0. The van der Waals surface area contributed by atoms with E-state index in [1.807, 2.05) is 31.2 Å². The third-order valence-electron chi connectivity index (χ3n) is 5.17. The molecule has 0 aliphatic rings. The van der Waals surface area contributed by atoms with Crippen molar-refractivity contribution in [2.24, 2.45) is 0 Å². The Morgan fingerprint density at radius 3 is 2.41 bits per heavy atom. The summed E-state index contributed by atoms with van der Waals surface area (Å²) < 4.78 is 47.7. The Balaban J connectivity index is 1.60. The second kappa shape index (κ2) is 8.89. The minimum Gasteiger partial charge on any atom is -0.459 e. The third kappa shape index (κ3) is 4.56. The van der Waals surface area contributed by atoms with E-state index in [2.05, 4.69) is 15.7 Å². The van der Waals surface area contributed by atoms with Crippen LogP contribution in [0.25, 0.3) is 5.69 Å². The van der Waals surface area contributed by atoms with Gasteiger partial charge in [0.1, 0.15) is 0 Å². The number of amides is 2. The van der Waals surface area contributed by atoms with Crippen LogP contribution < -0.4 is 10.6 Å². The number of furan rings is 1. The molecule has 0 atom stereocenters. The van der Waals surface area contributed by atoms with Crippen LogP contribution in [0.4, 0.5) is 24.5 Å². The molecule has 2 heterocycles. The number of alkyl halides is 3. The minimum atomic E-state index is -4.78. The fourth-order valence-electron chi connectivity index (χ4n) is 3.43.